The Balaban J connectivity index is 3.69. The highest BCUT2D eigenvalue weighted by Crippen LogP contribution is 2.37. The van der Waals surface area contributed by atoms with E-state index in [0.29, 0.717) is 0 Å². The summed E-state index contributed by atoms with van der Waals surface area (Å²) in [7, 11) is 0.493. The second-order valence-electron chi connectivity index (χ2n) is 3.16. The maximum absolute atomic E-state index is 12.3. The van der Waals surface area contributed by atoms with Gasteiger partial charge in [0, 0.05) is 16.6 Å². The molecule has 0 bridgehead atoms. The van der Waals surface area contributed by atoms with Crippen LogP contribution in [-0.4, -0.2) is 14.8 Å². The molecule has 0 amide bonds. The first-order valence-corrected chi connectivity index (χ1v) is 7.27. The molecule has 0 N–H and O–H groups in total. The van der Waals surface area contributed by atoms with E-state index in [4.69, 9.17) is 27.5 Å². The minimum atomic E-state index is -5.17. The second kappa shape index (κ2) is 5.45. The van der Waals surface area contributed by atoms with E-state index in [2.05, 4.69) is 4.74 Å². The van der Waals surface area contributed by atoms with Gasteiger partial charge in [-0.1, -0.05) is 6.07 Å². The van der Waals surface area contributed by atoms with E-state index < -0.39 is 37.5 Å². The van der Waals surface area contributed by atoms with E-state index in [1.54, 1.807) is 0 Å². The van der Waals surface area contributed by atoms with Crippen molar-refractivity contribution in [2.24, 2.45) is 0 Å². The van der Waals surface area contributed by atoms with E-state index in [-0.39, 0.29) is 5.56 Å². The molecule has 0 spiro atoms. The lowest BCUT2D eigenvalue weighted by molar-refractivity contribution is -0.275. The monoisotopic (exact) mass is 333 g/mol. The zero-order valence-electron chi connectivity index (χ0n) is 8.83. The number of nitrogens with zero attached hydrogens (tertiary/aromatic N) is 1. The van der Waals surface area contributed by atoms with Gasteiger partial charge >= 0.3 is 6.36 Å². The molecule has 0 unspecified atom stereocenters. The summed E-state index contributed by atoms with van der Waals surface area (Å²) in [5.74, 6) is -1.59. The Bertz CT molecular complexity index is 637. The van der Waals surface area contributed by atoms with Gasteiger partial charge in [-0.3, -0.25) is 0 Å². The van der Waals surface area contributed by atoms with Crippen LogP contribution in [0.25, 0.3) is 0 Å². The van der Waals surface area contributed by atoms with Crippen LogP contribution in [0.15, 0.2) is 17.0 Å². The van der Waals surface area contributed by atoms with Crippen molar-refractivity contribution in [2.75, 3.05) is 0 Å². The average molecular weight is 334 g/mol. The maximum atomic E-state index is 12.3. The third-order valence-corrected chi connectivity index (χ3v) is 3.61. The molecule has 0 aromatic heterocycles. The SMILES string of the molecule is N#Cc1ccc(CCl)c(S(=O)(=O)Cl)c1OC(F)(F)F. The van der Waals surface area contributed by atoms with Crippen LogP contribution in [-0.2, 0) is 14.9 Å². The molecular weight excluding hydrogens is 330 g/mol. The molecule has 1 aromatic rings. The van der Waals surface area contributed by atoms with Crippen molar-refractivity contribution in [2.45, 2.75) is 17.1 Å². The highest BCUT2D eigenvalue weighted by molar-refractivity contribution is 8.13. The zero-order valence-corrected chi connectivity index (χ0v) is 11.2. The summed E-state index contributed by atoms with van der Waals surface area (Å²) in [6.07, 6.45) is -5.17. The largest absolute Gasteiger partial charge is 0.573 e. The summed E-state index contributed by atoms with van der Waals surface area (Å²) in [5, 5.41) is 8.70. The minimum absolute atomic E-state index is 0.199. The second-order valence-corrected chi connectivity index (χ2v) is 5.93. The van der Waals surface area contributed by atoms with Crippen LogP contribution in [0.5, 0.6) is 5.75 Å². The van der Waals surface area contributed by atoms with Gasteiger partial charge in [0.2, 0.25) is 0 Å². The van der Waals surface area contributed by atoms with Crippen LogP contribution >= 0.6 is 22.3 Å². The van der Waals surface area contributed by atoms with Crippen molar-refractivity contribution < 1.29 is 26.3 Å². The first-order valence-electron chi connectivity index (χ1n) is 4.42. The van der Waals surface area contributed by atoms with Crippen molar-refractivity contribution in [1.29, 1.82) is 5.26 Å². The van der Waals surface area contributed by atoms with Crippen molar-refractivity contribution in [3.8, 4) is 11.8 Å². The fourth-order valence-corrected chi connectivity index (χ4v) is 2.92. The molecule has 0 aliphatic carbocycles. The number of hydrogen-bond acceptors (Lipinski definition) is 4. The van der Waals surface area contributed by atoms with Gasteiger partial charge in [0.05, 0.1) is 5.56 Å². The smallest absolute Gasteiger partial charge is 0.403 e. The molecule has 104 valence electrons. The van der Waals surface area contributed by atoms with Crippen molar-refractivity contribution in [3.63, 3.8) is 0 Å². The molecule has 0 fully saturated rings. The van der Waals surface area contributed by atoms with Crippen LogP contribution in [0.3, 0.4) is 0 Å². The molecule has 1 rings (SSSR count). The maximum Gasteiger partial charge on any atom is 0.573 e. The van der Waals surface area contributed by atoms with Crippen molar-refractivity contribution in [3.05, 3.63) is 23.3 Å². The third kappa shape index (κ3) is 3.89. The molecule has 10 heteroatoms. The number of halogens is 5. The molecule has 1 aromatic carbocycles. The van der Waals surface area contributed by atoms with Gasteiger partial charge < -0.3 is 4.74 Å². The number of alkyl halides is 4. The van der Waals surface area contributed by atoms with Crippen molar-refractivity contribution in [1.82, 2.24) is 0 Å². The Morgan fingerprint density at radius 2 is 1.95 bits per heavy atom. The Morgan fingerprint density at radius 1 is 1.37 bits per heavy atom. The summed E-state index contributed by atoms with van der Waals surface area (Å²) < 4.78 is 63.0. The highest BCUT2D eigenvalue weighted by atomic mass is 35.7. The average Bonchev–Trinajstić information content (AvgIpc) is 2.24. The number of hydrogen-bond donors (Lipinski definition) is 0. The van der Waals surface area contributed by atoms with Gasteiger partial charge in [-0.25, -0.2) is 8.42 Å². The van der Waals surface area contributed by atoms with Gasteiger partial charge in [0.1, 0.15) is 11.0 Å². The van der Waals surface area contributed by atoms with Crippen LogP contribution in [0, 0.1) is 11.3 Å². The van der Waals surface area contributed by atoms with Gasteiger partial charge in [-0.05, 0) is 11.6 Å². The summed E-state index contributed by atoms with van der Waals surface area (Å²) in [5.41, 5.74) is -0.819. The van der Waals surface area contributed by atoms with Crippen LogP contribution < -0.4 is 4.74 Å². The lowest BCUT2D eigenvalue weighted by atomic mass is 10.1. The molecule has 0 aliphatic heterocycles. The minimum Gasteiger partial charge on any atom is -0.403 e. The summed E-state index contributed by atoms with van der Waals surface area (Å²) in [4.78, 5) is -0.958. The lowest BCUT2D eigenvalue weighted by Crippen LogP contribution is -2.20. The number of rotatable bonds is 3. The standard InChI is InChI=1S/C9H4Cl2F3NO3S/c10-3-5-1-2-6(4-15)7(18-9(12,13)14)8(5)19(11,16)17/h1-2H,3H2. The van der Waals surface area contributed by atoms with Crippen molar-refractivity contribution >= 4 is 31.3 Å². The molecule has 0 saturated heterocycles. The molecule has 0 atom stereocenters. The Morgan fingerprint density at radius 3 is 2.32 bits per heavy atom. The summed E-state index contributed by atoms with van der Waals surface area (Å²) in [6.45, 7) is 0. The molecule has 4 nitrogen and oxygen atoms in total. The topological polar surface area (TPSA) is 67.2 Å². The van der Waals surface area contributed by atoms with Crippen LogP contribution in [0.2, 0.25) is 0 Å². The van der Waals surface area contributed by atoms with E-state index >= 15 is 0 Å². The molecular formula is C9H4Cl2F3NO3S. The summed E-state index contributed by atoms with van der Waals surface area (Å²) >= 11 is 5.43. The number of benzene rings is 1. The highest BCUT2D eigenvalue weighted by Gasteiger charge is 2.36. The normalized spacial score (nSPS) is 12.0. The van der Waals surface area contributed by atoms with Gasteiger partial charge in [-0.2, -0.15) is 5.26 Å². The van der Waals surface area contributed by atoms with Gasteiger partial charge in [0.15, 0.2) is 5.75 Å². The Kier molecular flexibility index (Phi) is 4.55. The van der Waals surface area contributed by atoms with Crippen LogP contribution in [0.4, 0.5) is 13.2 Å². The predicted octanol–water partition coefficient (Wildman–Crippen LogP) is 3.12. The molecule has 19 heavy (non-hydrogen) atoms. The van der Waals surface area contributed by atoms with E-state index in [0.717, 1.165) is 12.1 Å². The number of ether oxygens (including phenoxy) is 1. The lowest BCUT2D eigenvalue weighted by Gasteiger charge is -2.15. The van der Waals surface area contributed by atoms with Crippen LogP contribution in [0.1, 0.15) is 11.1 Å². The van der Waals surface area contributed by atoms with Gasteiger partial charge in [-0.15, -0.1) is 24.8 Å². The first-order chi connectivity index (χ1) is 8.60. The Labute approximate surface area is 115 Å². The molecule has 0 heterocycles. The molecule has 0 saturated carbocycles. The quantitative estimate of drug-likeness (QED) is 0.629. The molecule has 0 radical (unpaired) electrons. The molecule has 0 aliphatic rings. The zero-order chi connectivity index (χ0) is 14.8. The Hall–Kier alpha value is -1.17. The summed E-state index contributed by atoms with van der Waals surface area (Å²) in [6, 6.07) is 3.44. The van der Waals surface area contributed by atoms with E-state index in [9.17, 15) is 21.6 Å². The van der Waals surface area contributed by atoms with E-state index in [1.165, 1.54) is 6.07 Å². The third-order valence-electron chi connectivity index (χ3n) is 1.92. The fourth-order valence-electron chi connectivity index (χ4n) is 1.28. The van der Waals surface area contributed by atoms with Gasteiger partial charge in [0.25, 0.3) is 9.05 Å². The fraction of sp³-hybridized carbons (Fsp3) is 0.222. The number of nitriles is 1. The van der Waals surface area contributed by atoms with E-state index in [1.807, 2.05) is 0 Å². The first kappa shape index (κ1) is 15.9. The predicted molar refractivity (Wildman–Crippen MR) is 60.4 cm³/mol.